The summed E-state index contributed by atoms with van der Waals surface area (Å²) in [6.07, 6.45) is 3.23. The van der Waals surface area contributed by atoms with Crippen LogP contribution in [0.4, 0.5) is 0 Å². The minimum absolute atomic E-state index is 0.0774. The molecule has 4 heteroatoms. The zero-order valence-electron chi connectivity index (χ0n) is 11.8. The molecule has 2 aliphatic carbocycles. The van der Waals surface area contributed by atoms with Gasteiger partial charge < -0.3 is 9.47 Å². The Morgan fingerprint density at radius 3 is 2.84 bits per heavy atom. The van der Waals surface area contributed by atoms with Crippen molar-refractivity contribution in [2.45, 2.75) is 58.7 Å². The van der Waals surface area contributed by atoms with Crippen LogP contribution in [0.5, 0.6) is 0 Å². The molecule has 2 bridgehead atoms. The standard InChI is InChI=1S/C15H22O4/c1-4-5-15(2,3)14(17)19-11-8-6-9-10(7-8)13(16)18-12(9)11/h8-12H,4-7H2,1-3H3. The SMILES string of the molecule is CCCC(C)(C)C(=O)OC1C2CC3C(=O)OC1C3C2. The van der Waals surface area contributed by atoms with Gasteiger partial charge in [-0.1, -0.05) is 13.3 Å². The summed E-state index contributed by atoms with van der Waals surface area (Å²) < 4.78 is 11.1. The molecule has 0 radical (unpaired) electrons. The fourth-order valence-corrected chi connectivity index (χ4v) is 4.07. The van der Waals surface area contributed by atoms with Gasteiger partial charge in [-0.05, 0) is 33.1 Å². The topological polar surface area (TPSA) is 52.6 Å². The number of hydrogen-bond donors (Lipinski definition) is 0. The Labute approximate surface area is 113 Å². The van der Waals surface area contributed by atoms with Crippen molar-refractivity contribution in [2.24, 2.45) is 23.2 Å². The van der Waals surface area contributed by atoms with E-state index in [1.807, 2.05) is 13.8 Å². The van der Waals surface area contributed by atoms with Gasteiger partial charge in [-0.15, -0.1) is 0 Å². The number of fused-ring (bicyclic) bond motifs is 1. The molecule has 2 saturated carbocycles. The highest BCUT2D eigenvalue weighted by atomic mass is 16.6. The van der Waals surface area contributed by atoms with Crippen molar-refractivity contribution in [3.8, 4) is 0 Å². The van der Waals surface area contributed by atoms with Crippen LogP contribution in [0.25, 0.3) is 0 Å². The van der Waals surface area contributed by atoms with Crippen LogP contribution in [0.15, 0.2) is 0 Å². The van der Waals surface area contributed by atoms with E-state index >= 15 is 0 Å². The lowest BCUT2D eigenvalue weighted by Gasteiger charge is -2.29. The summed E-state index contributed by atoms with van der Waals surface area (Å²) in [5.74, 6) is 0.473. The van der Waals surface area contributed by atoms with E-state index in [4.69, 9.17) is 9.47 Å². The Balaban J connectivity index is 1.69. The first kappa shape index (κ1) is 12.9. The van der Waals surface area contributed by atoms with Gasteiger partial charge in [-0.25, -0.2) is 0 Å². The third kappa shape index (κ3) is 1.87. The predicted octanol–water partition coefficient (Wildman–Crippen LogP) is 2.31. The first-order chi connectivity index (χ1) is 8.94. The number of rotatable bonds is 4. The summed E-state index contributed by atoms with van der Waals surface area (Å²) in [5, 5.41) is 0. The van der Waals surface area contributed by atoms with Gasteiger partial charge in [-0.2, -0.15) is 0 Å². The Morgan fingerprint density at radius 2 is 2.16 bits per heavy atom. The molecule has 1 aliphatic heterocycles. The second-order valence-electron chi connectivity index (χ2n) is 6.91. The van der Waals surface area contributed by atoms with Crippen molar-refractivity contribution in [3.63, 3.8) is 0 Å². The molecule has 19 heavy (non-hydrogen) atoms. The zero-order chi connectivity index (χ0) is 13.8. The molecule has 0 aromatic carbocycles. The number of ether oxygens (including phenoxy) is 2. The van der Waals surface area contributed by atoms with Crippen LogP contribution < -0.4 is 0 Å². The third-order valence-electron chi connectivity index (χ3n) is 5.08. The van der Waals surface area contributed by atoms with E-state index in [1.165, 1.54) is 0 Å². The Kier molecular flexibility index (Phi) is 2.88. The quantitative estimate of drug-likeness (QED) is 0.733. The minimum atomic E-state index is -0.446. The molecule has 106 valence electrons. The Hall–Kier alpha value is -1.06. The van der Waals surface area contributed by atoms with Crippen LogP contribution in [-0.2, 0) is 19.1 Å². The lowest BCUT2D eigenvalue weighted by Crippen LogP contribution is -2.39. The summed E-state index contributed by atoms with van der Waals surface area (Å²) >= 11 is 0. The maximum atomic E-state index is 12.3. The van der Waals surface area contributed by atoms with Gasteiger partial charge in [0, 0.05) is 11.8 Å². The second kappa shape index (κ2) is 4.22. The van der Waals surface area contributed by atoms with Crippen LogP contribution in [0.1, 0.15) is 46.5 Å². The van der Waals surface area contributed by atoms with E-state index < -0.39 is 5.41 Å². The summed E-state index contributed by atoms with van der Waals surface area (Å²) in [6, 6.07) is 0. The zero-order valence-corrected chi connectivity index (χ0v) is 11.8. The van der Waals surface area contributed by atoms with Crippen molar-refractivity contribution >= 4 is 11.9 Å². The minimum Gasteiger partial charge on any atom is -0.458 e. The molecule has 1 saturated heterocycles. The number of esters is 2. The summed E-state index contributed by atoms with van der Waals surface area (Å²) in [5.41, 5.74) is -0.446. The molecule has 0 N–H and O–H groups in total. The van der Waals surface area contributed by atoms with Gasteiger partial charge in [0.25, 0.3) is 0 Å². The average Bonchev–Trinajstić information content (AvgIpc) is 2.93. The number of hydrogen-bond acceptors (Lipinski definition) is 4. The van der Waals surface area contributed by atoms with Gasteiger partial charge in [-0.3, -0.25) is 9.59 Å². The van der Waals surface area contributed by atoms with Gasteiger partial charge in [0.1, 0.15) is 12.2 Å². The molecule has 0 aromatic rings. The van der Waals surface area contributed by atoms with Crippen molar-refractivity contribution in [3.05, 3.63) is 0 Å². The molecule has 0 aromatic heterocycles. The van der Waals surface area contributed by atoms with E-state index in [2.05, 4.69) is 6.92 Å². The highest BCUT2D eigenvalue weighted by molar-refractivity contribution is 5.78. The molecule has 5 unspecified atom stereocenters. The number of carbonyl (C=O) groups is 2. The smallest absolute Gasteiger partial charge is 0.311 e. The fraction of sp³-hybridized carbons (Fsp3) is 0.867. The van der Waals surface area contributed by atoms with Crippen molar-refractivity contribution in [2.75, 3.05) is 0 Å². The molecule has 0 spiro atoms. The summed E-state index contributed by atoms with van der Waals surface area (Å²) in [6.45, 7) is 5.92. The predicted molar refractivity (Wildman–Crippen MR) is 68.2 cm³/mol. The molecule has 3 aliphatic rings. The molecule has 3 fully saturated rings. The molecule has 5 atom stereocenters. The summed E-state index contributed by atoms with van der Waals surface area (Å²) in [4.78, 5) is 23.9. The van der Waals surface area contributed by atoms with E-state index in [-0.39, 0.29) is 30.1 Å². The highest BCUT2D eigenvalue weighted by Crippen LogP contribution is 2.55. The van der Waals surface area contributed by atoms with Crippen LogP contribution in [0, 0.1) is 23.2 Å². The van der Waals surface area contributed by atoms with Gasteiger partial charge >= 0.3 is 11.9 Å². The van der Waals surface area contributed by atoms with E-state index in [0.29, 0.717) is 11.8 Å². The maximum Gasteiger partial charge on any atom is 0.311 e. The Morgan fingerprint density at radius 1 is 1.42 bits per heavy atom. The molecule has 1 heterocycles. The monoisotopic (exact) mass is 266 g/mol. The van der Waals surface area contributed by atoms with E-state index in [9.17, 15) is 9.59 Å². The molecular weight excluding hydrogens is 244 g/mol. The first-order valence-electron chi connectivity index (χ1n) is 7.35. The van der Waals surface area contributed by atoms with E-state index in [1.54, 1.807) is 0 Å². The van der Waals surface area contributed by atoms with Gasteiger partial charge in [0.2, 0.25) is 0 Å². The average molecular weight is 266 g/mol. The number of carbonyl (C=O) groups excluding carboxylic acids is 2. The van der Waals surface area contributed by atoms with Crippen molar-refractivity contribution in [1.82, 2.24) is 0 Å². The maximum absolute atomic E-state index is 12.3. The van der Waals surface area contributed by atoms with E-state index in [0.717, 1.165) is 25.7 Å². The normalized spacial score (nSPS) is 39.5. The molecule has 3 rings (SSSR count). The highest BCUT2D eigenvalue weighted by Gasteiger charge is 2.63. The van der Waals surface area contributed by atoms with Gasteiger partial charge in [0.05, 0.1) is 11.3 Å². The second-order valence-corrected chi connectivity index (χ2v) is 6.91. The van der Waals surface area contributed by atoms with Crippen LogP contribution in [0.3, 0.4) is 0 Å². The first-order valence-corrected chi connectivity index (χ1v) is 7.35. The third-order valence-corrected chi connectivity index (χ3v) is 5.08. The van der Waals surface area contributed by atoms with Crippen LogP contribution in [-0.4, -0.2) is 24.1 Å². The lowest BCUT2D eigenvalue weighted by molar-refractivity contribution is -0.170. The van der Waals surface area contributed by atoms with Crippen molar-refractivity contribution in [1.29, 1.82) is 0 Å². The lowest BCUT2D eigenvalue weighted by atomic mass is 9.86. The fourth-order valence-electron chi connectivity index (χ4n) is 4.07. The largest absolute Gasteiger partial charge is 0.458 e. The molecular formula is C15H22O4. The van der Waals surface area contributed by atoms with Gasteiger partial charge in [0.15, 0.2) is 0 Å². The molecule has 0 amide bonds. The van der Waals surface area contributed by atoms with Crippen LogP contribution in [0.2, 0.25) is 0 Å². The summed E-state index contributed by atoms with van der Waals surface area (Å²) in [7, 11) is 0. The van der Waals surface area contributed by atoms with Crippen LogP contribution >= 0.6 is 0 Å². The Bertz CT molecular complexity index is 414. The molecule has 4 nitrogen and oxygen atoms in total. The van der Waals surface area contributed by atoms with Crippen molar-refractivity contribution < 1.29 is 19.1 Å².